The molecular formula is C17H19NO3. The van der Waals surface area contributed by atoms with E-state index in [0.29, 0.717) is 25.1 Å². The first kappa shape index (κ1) is 13.9. The fourth-order valence-electron chi connectivity index (χ4n) is 3.22. The van der Waals surface area contributed by atoms with E-state index in [1.165, 1.54) is 0 Å². The van der Waals surface area contributed by atoms with E-state index in [1.807, 2.05) is 24.3 Å². The maximum Gasteiger partial charge on any atom is 0.355 e. The summed E-state index contributed by atoms with van der Waals surface area (Å²) < 4.78 is 5.16. The van der Waals surface area contributed by atoms with Gasteiger partial charge in [0.25, 0.3) is 0 Å². The van der Waals surface area contributed by atoms with Crippen LogP contribution in [0.15, 0.2) is 24.3 Å². The molecule has 1 aromatic carbocycles. The van der Waals surface area contributed by atoms with Crippen molar-refractivity contribution < 1.29 is 14.3 Å². The summed E-state index contributed by atoms with van der Waals surface area (Å²) in [7, 11) is 0. The highest BCUT2D eigenvalue weighted by Crippen LogP contribution is 2.37. The molecule has 1 aliphatic rings. The minimum Gasteiger partial charge on any atom is -0.461 e. The van der Waals surface area contributed by atoms with E-state index in [2.05, 4.69) is 4.98 Å². The van der Waals surface area contributed by atoms with Crippen molar-refractivity contribution >= 4 is 22.7 Å². The van der Waals surface area contributed by atoms with Crippen molar-refractivity contribution in [2.45, 2.75) is 38.5 Å². The van der Waals surface area contributed by atoms with Crippen LogP contribution in [0.25, 0.3) is 10.9 Å². The third kappa shape index (κ3) is 2.58. The van der Waals surface area contributed by atoms with Crippen LogP contribution in [0.4, 0.5) is 0 Å². The lowest BCUT2D eigenvalue weighted by molar-refractivity contribution is -0.120. The molecule has 0 radical (unpaired) electrons. The number of carbonyl (C=O) groups excluding carboxylic acids is 2. The van der Waals surface area contributed by atoms with E-state index < -0.39 is 0 Å². The molecule has 1 aromatic heterocycles. The molecule has 4 heteroatoms. The fraction of sp³-hybridized carbons (Fsp3) is 0.412. The van der Waals surface area contributed by atoms with Crippen LogP contribution >= 0.6 is 0 Å². The van der Waals surface area contributed by atoms with Crippen molar-refractivity contribution in [1.29, 1.82) is 0 Å². The van der Waals surface area contributed by atoms with Gasteiger partial charge in [-0.2, -0.15) is 0 Å². The third-order valence-electron chi connectivity index (χ3n) is 4.12. The first-order chi connectivity index (χ1) is 10.2. The van der Waals surface area contributed by atoms with Gasteiger partial charge in [-0.05, 0) is 37.3 Å². The molecule has 1 N–H and O–H groups in total. The number of ether oxygens (including phenoxy) is 1. The normalized spacial score (nSPS) is 18.9. The highest BCUT2D eigenvalue weighted by molar-refractivity contribution is 5.99. The van der Waals surface area contributed by atoms with Crippen molar-refractivity contribution in [1.82, 2.24) is 4.98 Å². The largest absolute Gasteiger partial charge is 0.461 e. The van der Waals surface area contributed by atoms with Gasteiger partial charge in [0.2, 0.25) is 0 Å². The Labute approximate surface area is 123 Å². The Morgan fingerprint density at radius 1 is 1.38 bits per heavy atom. The molecule has 1 fully saturated rings. The lowest BCUT2D eigenvalue weighted by Crippen LogP contribution is -2.16. The minimum atomic E-state index is -0.332. The summed E-state index contributed by atoms with van der Waals surface area (Å²) in [5.74, 6) is 0.0647. The van der Waals surface area contributed by atoms with Gasteiger partial charge in [0.1, 0.15) is 11.5 Å². The van der Waals surface area contributed by atoms with Crippen molar-refractivity contribution in [3.05, 3.63) is 35.5 Å². The summed E-state index contributed by atoms with van der Waals surface area (Å²) in [4.78, 5) is 27.2. The van der Waals surface area contributed by atoms with Crippen LogP contribution in [0.1, 0.15) is 54.6 Å². The third-order valence-corrected chi connectivity index (χ3v) is 4.12. The Balaban J connectivity index is 2.10. The highest BCUT2D eigenvalue weighted by atomic mass is 16.5. The number of nitrogens with one attached hydrogen (secondary N) is 1. The van der Waals surface area contributed by atoms with Gasteiger partial charge in [0.15, 0.2) is 0 Å². The zero-order valence-electron chi connectivity index (χ0n) is 12.1. The maximum absolute atomic E-state index is 12.2. The van der Waals surface area contributed by atoms with E-state index in [9.17, 15) is 9.59 Å². The molecule has 0 saturated heterocycles. The molecule has 0 amide bonds. The average molecular weight is 285 g/mol. The summed E-state index contributed by atoms with van der Waals surface area (Å²) in [6, 6.07) is 7.85. The average Bonchev–Trinajstić information content (AvgIpc) is 2.87. The summed E-state index contributed by atoms with van der Waals surface area (Å²) in [6.45, 7) is 2.14. The number of fused-ring (bicyclic) bond motifs is 1. The number of Topliss-reactive ketones (excluding diaryl/α,β-unsaturated/α-hetero) is 1. The number of aromatic nitrogens is 1. The number of rotatable bonds is 3. The van der Waals surface area contributed by atoms with Gasteiger partial charge in [-0.15, -0.1) is 0 Å². The van der Waals surface area contributed by atoms with Gasteiger partial charge >= 0.3 is 5.97 Å². The zero-order chi connectivity index (χ0) is 14.8. The molecule has 0 aliphatic heterocycles. The van der Waals surface area contributed by atoms with Gasteiger partial charge in [-0.1, -0.05) is 18.2 Å². The summed E-state index contributed by atoms with van der Waals surface area (Å²) >= 11 is 0. The summed E-state index contributed by atoms with van der Waals surface area (Å²) in [5.41, 5.74) is 2.39. The van der Waals surface area contributed by atoms with Crippen molar-refractivity contribution in [3.63, 3.8) is 0 Å². The monoisotopic (exact) mass is 285 g/mol. The topological polar surface area (TPSA) is 59.2 Å². The van der Waals surface area contributed by atoms with Crippen molar-refractivity contribution in [3.8, 4) is 0 Å². The molecule has 110 valence electrons. The maximum atomic E-state index is 12.2. The van der Waals surface area contributed by atoms with Crippen LogP contribution in [0.2, 0.25) is 0 Å². The van der Waals surface area contributed by atoms with Gasteiger partial charge in [0.05, 0.1) is 6.61 Å². The number of benzene rings is 1. The van der Waals surface area contributed by atoms with Crippen LogP contribution in [-0.2, 0) is 9.53 Å². The molecular weight excluding hydrogens is 266 g/mol. The first-order valence-corrected chi connectivity index (χ1v) is 7.50. The molecule has 1 unspecified atom stereocenters. The van der Waals surface area contributed by atoms with Gasteiger partial charge in [0, 0.05) is 23.7 Å². The second kappa shape index (κ2) is 5.72. The molecule has 1 heterocycles. The Bertz CT molecular complexity index is 686. The number of carbonyl (C=O) groups is 2. The van der Waals surface area contributed by atoms with E-state index in [1.54, 1.807) is 6.92 Å². The van der Waals surface area contributed by atoms with E-state index >= 15 is 0 Å². The van der Waals surface area contributed by atoms with E-state index in [-0.39, 0.29) is 17.7 Å². The van der Waals surface area contributed by atoms with Crippen molar-refractivity contribution in [2.24, 2.45) is 0 Å². The van der Waals surface area contributed by atoms with Crippen LogP contribution in [0.3, 0.4) is 0 Å². The second-order valence-electron chi connectivity index (χ2n) is 5.51. The molecule has 1 saturated carbocycles. The standard InChI is InChI=1S/C17H19NO3/c1-2-21-17(20)16-15(11-6-5-7-12(19)10-11)13-8-3-4-9-14(13)18-16/h3-4,8-9,11,18H,2,5-7,10H2,1H3. The SMILES string of the molecule is CCOC(=O)c1[nH]c2ccccc2c1C1CCCC(=O)C1. The van der Waals surface area contributed by atoms with Gasteiger partial charge < -0.3 is 9.72 Å². The quantitative estimate of drug-likeness (QED) is 0.877. The summed E-state index contributed by atoms with van der Waals surface area (Å²) in [6.07, 6.45) is 3.02. The van der Waals surface area contributed by atoms with Crippen LogP contribution < -0.4 is 0 Å². The van der Waals surface area contributed by atoms with Gasteiger partial charge in [-0.25, -0.2) is 4.79 Å². The number of esters is 1. The Morgan fingerprint density at radius 2 is 2.19 bits per heavy atom. The lowest BCUT2D eigenvalue weighted by atomic mass is 9.82. The highest BCUT2D eigenvalue weighted by Gasteiger charge is 2.29. The second-order valence-corrected chi connectivity index (χ2v) is 5.51. The Kier molecular flexibility index (Phi) is 3.78. The Hall–Kier alpha value is -2.10. The number of aromatic amines is 1. The van der Waals surface area contributed by atoms with Crippen LogP contribution in [0.5, 0.6) is 0 Å². The molecule has 21 heavy (non-hydrogen) atoms. The first-order valence-electron chi connectivity index (χ1n) is 7.50. The Morgan fingerprint density at radius 3 is 2.95 bits per heavy atom. The predicted octanol–water partition coefficient (Wildman–Crippen LogP) is 3.57. The minimum absolute atomic E-state index is 0.113. The van der Waals surface area contributed by atoms with Crippen LogP contribution in [-0.4, -0.2) is 23.3 Å². The molecule has 4 nitrogen and oxygen atoms in total. The smallest absolute Gasteiger partial charge is 0.355 e. The zero-order valence-corrected chi connectivity index (χ0v) is 12.1. The van der Waals surface area contributed by atoms with Crippen molar-refractivity contribution in [2.75, 3.05) is 6.61 Å². The van der Waals surface area contributed by atoms with E-state index in [4.69, 9.17) is 4.74 Å². The number of para-hydroxylation sites is 1. The number of H-pyrrole nitrogens is 1. The molecule has 0 bridgehead atoms. The van der Waals surface area contributed by atoms with Gasteiger partial charge in [-0.3, -0.25) is 4.79 Å². The number of ketones is 1. The molecule has 3 rings (SSSR count). The molecule has 1 atom stereocenters. The predicted molar refractivity (Wildman–Crippen MR) is 80.5 cm³/mol. The number of hydrogen-bond acceptors (Lipinski definition) is 3. The molecule has 0 spiro atoms. The number of hydrogen-bond donors (Lipinski definition) is 1. The van der Waals surface area contributed by atoms with E-state index in [0.717, 1.165) is 29.3 Å². The summed E-state index contributed by atoms with van der Waals surface area (Å²) in [5, 5.41) is 1.03. The molecule has 1 aliphatic carbocycles. The fourth-order valence-corrected chi connectivity index (χ4v) is 3.22. The van der Waals surface area contributed by atoms with Crippen LogP contribution in [0, 0.1) is 0 Å². The molecule has 2 aromatic rings. The lowest BCUT2D eigenvalue weighted by Gasteiger charge is -2.21.